The molecule has 0 radical (unpaired) electrons. The van der Waals surface area contributed by atoms with E-state index >= 15 is 0 Å². The first-order valence-electron chi connectivity index (χ1n) is 4.99. The Kier molecular flexibility index (Phi) is 4.73. The molecule has 4 nitrogen and oxygen atoms in total. The van der Waals surface area contributed by atoms with Gasteiger partial charge in [0.1, 0.15) is 4.90 Å². The van der Waals surface area contributed by atoms with Crippen molar-refractivity contribution in [1.29, 1.82) is 0 Å². The summed E-state index contributed by atoms with van der Waals surface area (Å²) in [6.07, 6.45) is 0.734. The van der Waals surface area contributed by atoms with E-state index in [1.807, 2.05) is 6.92 Å². The first-order valence-corrected chi connectivity index (χ1v) is 6.85. The molecule has 0 unspecified atom stereocenters. The molecule has 6 heteroatoms. The molecular formula is C10H15ClN2O2S. The molecule has 0 fully saturated rings. The van der Waals surface area contributed by atoms with Crippen LogP contribution in [0.5, 0.6) is 0 Å². The smallest absolute Gasteiger partial charge is 0.242 e. The molecule has 1 aromatic carbocycles. The van der Waals surface area contributed by atoms with Gasteiger partial charge in [0.25, 0.3) is 0 Å². The minimum absolute atomic E-state index is 0.0971. The molecular weight excluding hydrogens is 248 g/mol. The molecule has 0 aromatic heterocycles. The molecule has 0 saturated carbocycles. The monoisotopic (exact) mass is 262 g/mol. The number of nitrogens with one attached hydrogen (secondary N) is 1. The number of hydrogen-bond acceptors (Lipinski definition) is 3. The van der Waals surface area contributed by atoms with E-state index in [-0.39, 0.29) is 9.92 Å². The van der Waals surface area contributed by atoms with Gasteiger partial charge in [0, 0.05) is 13.1 Å². The van der Waals surface area contributed by atoms with Crippen LogP contribution < -0.4 is 10.5 Å². The highest BCUT2D eigenvalue weighted by Crippen LogP contribution is 2.22. The van der Waals surface area contributed by atoms with Gasteiger partial charge in [-0.1, -0.05) is 24.6 Å². The molecule has 0 amide bonds. The first kappa shape index (κ1) is 13.4. The third-order valence-electron chi connectivity index (χ3n) is 2.06. The summed E-state index contributed by atoms with van der Waals surface area (Å²) in [7, 11) is -3.50. The van der Waals surface area contributed by atoms with Crippen LogP contribution >= 0.6 is 11.6 Å². The second-order valence-corrected chi connectivity index (χ2v) is 5.51. The van der Waals surface area contributed by atoms with Crippen molar-refractivity contribution in [1.82, 2.24) is 4.72 Å². The summed E-state index contributed by atoms with van der Waals surface area (Å²) < 4.78 is 26.0. The van der Waals surface area contributed by atoms with E-state index in [1.165, 1.54) is 6.07 Å². The minimum atomic E-state index is -3.50. The van der Waals surface area contributed by atoms with Crippen molar-refractivity contribution in [2.75, 3.05) is 6.54 Å². The number of benzene rings is 1. The first-order chi connectivity index (χ1) is 7.51. The van der Waals surface area contributed by atoms with Gasteiger partial charge in [-0.25, -0.2) is 13.1 Å². The van der Waals surface area contributed by atoms with Crippen LogP contribution in [-0.2, 0) is 16.6 Å². The summed E-state index contributed by atoms with van der Waals surface area (Å²) in [5, 5.41) is 0.201. The lowest BCUT2D eigenvalue weighted by atomic mass is 10.2. The zero-order valence-corrected chi connectivity index (χ0v) is 10.6. The van der Waals surface area contributed by atoms with Crippen LogP contribution in [-0.4, -0.2) is 15.0 Å². The Bertz CT molecular complexity index is 460. The van der Waals surface area contributed by atoms with E-state index in [0.717, 1.165) is 12.0 Å². The number of sulfonamides is 1. The number of hydrogen-bond donors (Lipinski definition) is 2. The van der Waals surface area contributed by atoms with E-state index in [4.69, 9.17) is 17.3 Å². The van der Waals surface area contributed by atoms with Crippen molar-refractivity contribution in [3.8, 4) is 0 Å². The van der Waals surface area contributed by atoms with Gasteiger partial charge in [-0.3, -0.25) is 0 Å². The van der Waals surface area contributed by atoms with E-state index in [0.29, 0.717) is 13.1 Å². The fraction of sp³-hybridized carbons (Fsp3) is 0.400. The van der Waals surface area contributed by atoms with E-state index in [1.54, 1.807) is 12.1 Å². The molecule has 0 heterocycles. The zero-order valence-electron chi connectivity index (χ0n) is 9.03. The third-order valence-corrected chi connectivity index (χ3v) is 4.01. The predicted octanol–water partition coefficient (Wildman–Crippen LogP) is 1.49. The third kappa shape index (κ3) is 3.18. The zero-order chi connectivity index (χ0) is 12.2. The summed E-state index contributed by atoms with van der Waals surface area (Å²) in [4.78, 5) is 0.0971. The lowest BCUT2D eigenvalue weighted by Gasteiger charge is -2.08. The molecule has 16 heavy (non-hydrogen) atoms. The average Bonchev–Trinajstić information content (AvgIpc) is 2.25. The van der Waals surface area contributed by atoms with E-state index in [9.17, 15) is 8.42 Å². The fourth-order valence-corrected chi connectivity index (χ4v) is 2.90. The second-order valence-electron chi connectivity index (χ2n) is 3.37. The average molecular weight is 263 g/mol. The van der Waals surface area contributed by atoms with Crippen LogP contribution in [0.2, 0.25) is 5.02 Å². The lowest BCUT2D eigenvalue weighted by molar-refractivity contribution is 0.581. The summed E-state index contributed by atoms with van der Waals surface area (Å²) in [5.74, 6) is 0. The largest absolute Gasteiger partial charge is 0.326 e. The Morgan fingerprint density at radius 1 is 1.44 bits per heavy atom. The van der Waals surface area contributed by atoms with Crippen molar-refractivity contribution in [2.45, 2.75) is 24.8 Å². The maximum atomic E-state index is 11.8. The number of nitrogens with two attached hydrogens (primary N) is 1. The Morgan fingerprint density at radius 3 is 2.62 bits per heavy atom. The molecule has 3 N–H and O–H groups in total. The number of rotatable bonds is 5. The lowest BCUT2D eigenvalue weighted by Crippen LogP contribution is -2.24. The molecule has 1 aromatic rings. The summed E-state index contributed by atoms with van der Waals surface area (Å²) >= 11 is 5.90. The Morgan fingerprint density at radius 2 is 2.12 bits per heavy atom. The maximum absolute atomic E-state index is 11.8. The molecule has 0 saturated heterocycles. The molecule has 1 rings (SSSR count). The van der Waals surface area contributed by atoms with Gasteiger partial charge < -0.3 is 5.73 Å². The molecule has 90 valence electrons. The highest BCUT2D eigenvalue weighted by atomic mass is 35.5. The van der Waals surface area contributed by atoms with Gasteiger partial charge in [-0.05, 0) is 24.1 Å². The molecule has 0 aliphatic carbocycles. The van der Waals surface area contributed by atoms with Gasteiger partial charge in [0.15, 0.2) is 0 Å². The van der Waals surface area contributed by atoms with Crippen molar-refractivity contribution >= 4 is 21.6 Å². The van der Waals surface area contributed by atoms with Crippen LogP contribution in [0.3, 0.4) is 0 Å². The maximum Gasteiger partial charge on any atom is 0.242 e. The molecule has 0 aliphatic rings. The van der Waals surface area contributed by atoms with Crippen molar-refractivity contribution in [2.24, 2.45) is 5.73 Å². The topological polar surface area (TPSA) is 72.2 Å². The van der Waals surface area contributed by atoms with Gasteiger partial charge >= 0.3 is 0 Å². The van der Waals surface area contributed by atoms with Crippen LogP contribution in [0.4, 0.5) is 0 Å². The quantitative estimate of drug-likeness (QED) is 0.844. The number of halogens is 1. The predicted molar refractivity (Wildman–Crippen MR) is 64.8 cm³/mol. The van der Waals surface area contributed by atoms with Crippen LogP contribution in [0.1, 0.15) is 18.9 Å². The highest BCUT2D eigenvalue weighted by molar-refractivity contribution is 7.89. The molecule has 0 aliphatic heterocycles. The second kappa shape index (κ2) is 5.63. The van der Waals surface area contributed by atoms with E-state index in [2.05, 4.69) is 4.72 Å². The fourth-order valence-electron chi connectivity index (χ4n) is 1.20. The van der Waals surface area contributed by atoms with Gasteiger partial charge in [-0.15, -0.1) is 0 Å². The molecule has 0 atom stereocenters. The summed E-state index contributed by atoms with van der Waals surface area (Å²) in [6.45, 7) is 2.63. The summed E-state index contributed by atoms with van der Waals surface area (Å²) in [6, 6.07) is 4.71. The van der Waals surface area contributed by atoms with Gasteiger partial charge in [-0.2, -0.15) is 0 Å². The van der Waals surface area contributed by atoms with Crippen molar-refractivity contribution in [3.05, 3.63) is 28.8 Å². The normalized spacial score (nSPS) is 11.7. The van der Waals surface area contributed by atoms with Crippen molar-refractivity contribution < 1.29 is 8.42 Å². The standard InChI is InChI=1S/C10H15ClN2O2S/c1-2-5-13-16(14,15)10-4-3-8(7-12)6-9(10)11/h3-4,6,13H,2,5,7,12H2,1H3. The Labute approximate surface area is 101 Å². The van der Waals surface area contributed by atoms with Crippen LogP contribution in [0, 0.1) is 0 Å². The van der Waals surface area contributed by atoms with Crippen molar-refractivity contribution in [3.63, 3.8) is 0 Å². The van der Waals surface area contributed by atoms with Crippen LogP contribution in [0.15, 0.2) is 23.1 Å². The molecule has 0 spiro atoms. The van der Waals surface area contributed by atoms with E-state index < -0.39 is 10.0 Å². The van der Waals surface area contributed by atoms with Gasteiger partial charge in [0.2, 0.25) is 10.0 Å². The highest BCUT2D eigenvalue weighted by Gasteiger charge is 2.16. The minimum Gasteiger partial charge on any atom is -0.326 e. The van der Waals surface area contributed by atoms with Crippen LogP contribution in [0.25, 0.3) is 0 Å². The molecule has 0 bridgehead atoms. The van der Waals surface area contributed by atoms with Gasteiger partial charge in [0.05, 0.1) is 5.02 Å². The Hall–Kier alpha value is -0.620. The Balaban J connectivity index is 3.04. The summed E-state index contributed by atoms with van der Waals surface area (Å²) in [5.41, 5.74) is 6.24. The SMILES string of the molecule is CCCNS(=O)(=O)c1ccc(CN)cc1Cl.